The molecule has 74 heavy (non-hydrogen) atoms. The molecular weight excluding hydrogens is 961 g/mol. The van der Waals surface area contributed by atoms with Crippen LogP contribution in [-0.2, 0) is 19.5 Å². The Morgan fingerprint density at radius 1 is 0.946 bits per heavy atom. The van der Waals surface area contributed by atoms with Crippen LogP contribution in [0.25, 0.3) is 11.0 Å². The topological polar surface area (TPSA) is 205 Å². The number of amides is 1. The molecule has 2 saturated carbocycles. The summed E-state index contributed by atoms with van der Waals surface area (Å²) in [4.78, 5) is 41.5. The maximum Gasteiger partial charge on any atom is 0.293 e. The number of piperidine rings is 1. The predicted octanol–water partition coefficient (Wildman–Crippen LogP) is 9.36. The largest absolute Gasteiger partial charge is 0.468 e. The van der Waals surface area contributed by atoms with Crippen molar-refractivity contribution in [2.45, 2.75) is 139 Å². The Bertz CT molecular complexity index is 3040. The number of rotatable bonds is 12. The third kappa shape index (κ3) is 9.83. The molecule has 3 atom stereocenters. The van der Waals surface area contributed by atoms with E-state index >= 15 is 0 Å². The first-order valence-electron chi connectivity index (χ1n) is 26.6. The first-order chi connectivity index (χ1) is 35.3. The van der Waals surface area contributed by atoms with Gasteiger partial charge in [-0.25, -0.2) is 13.1 Å². The zero-order valence-corrected chi connectivity index (χ0v) is 44.0. The van der Waals surface area contributed by atoms with Crippen LogP contribution in [0.2, 0.25) is 0 Å². The Morgan fingerprint density at radius 2 is 1.72 bits per heavy atom. The number of aromatic nitrogens is 2. The van der Waals surface area contributed by atoms with Gasteiger partial charge in [0.05, 0.1) is 64.2 Å². The first kappa shape index (κ1) is 50.4. The van der Waals surface area contributed by atoms with Gasteiger partial charge in [0.15, 0.2) is 0 Å². The molecule has 6 aliphatic rings. The number of nitro benzene ring substituents is 1. The van der Waals surface area contributed by atoms with Crippen molar-refractivity contribution in [1.82, 2.24) is 19.6 Å². The molecule has 3 saturated heterocycles. The lowest BCUT2D eigenvalue weighted by molar-refractivity contribution is -0.384. The van der Waals surface area contributed by atoms with Crippen LogP contribution in [-0.4, -0.2) is 115 Å². The molecule has 0 unspecified atom stereocenters. The molecule has 0 bridgehead atoms. The number of benzene rings is 3. The zero-order valence-electron chi connectivity index (χ0n) is 43.1. The van der Waals surface area contributed by atoms with E-state index in [1.165, 1.54) is 23.3 Å². The van der Waals surface area contributed by atoms with Gasteiger partial charge in [0.1, 0.15) is 23.1 Å². The summed E-state index contributed by atoms with van der Waals surface area (Å²) in [6, 6.07) is 22.4. The standard InChI is InChI=1S/C56H70N8O9S/c1-35(2)41-8-6-7-9-42(41)49-33-71-25-24-62(49)39-29-56(30-39)19-22-61(23-20-56)38-10-12-43(45(27-38)63-47-26-37-16-21-57-51(37)59-53(47)73-50-34-72-54(3,4)31-48(50)63)52(65)60-74(69,70)40-11-13-44(46(28-40)64(67)68)58-32-36-14-17-55(5,66)18-15-36/h6-13,16,21,26-28,35-36,39,48-50,58,66H,14-15,17-20,22-25,29-34H2,1-5H3,(H,57,59)(H,60,65)/t36-,48-,49-,50-,55-/m0/s1. The molecule has 6 heterocycles. The quantitative estimate of drug-likeness (QED) is 0.0679. The smallest absolute Gasteiger partial charge is 0.293 e. The fourth-order valence-corrected chi connectivity index (χ4v) is 13.9. The van der Waals surface area contributed by atoms with Gasteiger partial charge in [-0.05, 0) is 143 Å². The second kappa shape index (κ2) is 19.4. The summed E-state index contributed by atoms with van der Waals surface area (Å²) >= 11 is 0. The lowest BCUT2D eigenvalue weighted by atomic mass is 9.59. The van der Waals surface area contributed by atoms with E-state index in [-0.39, 0.29) is 41.3 Å². The highest BCUT2D eigenvalue weighted by Crippen LogP contribution is 2.54. The third-order valence-corrected chi connectivity index (χ3v) is 18.5. The lowest BCUT2D eigenvalue weighted by Gasteiger charge is -2.57. The summed E-state index contributed by atoms with van der Waals surface area (Å²) in [5, 5.41) is 26.8. The summed E-state index contributed by atoms with van der Waals surface area (Å²) in [6.45, 7) is 15.1. The van der Waals surface area contributed by atoms with Gasteiger partial charge in [0.25, 0.3) is 21.6 Å². The Balaban J connectivity index is 0.880. The van der Waals surface area contributed by atoms with E-state index in [9.17, 15) is 28.4 Å². The minimum atomic E-state index is -4.64. The van der Waals surface area contributed by atoms with Crippen molar-refractivity contribution in [2.75, 3.05) is 61.1 Å². The summed E-state index contributed by atoms with van der Waals surface area (Å²) < 4.78 is 49.8. The first-order valence-corrected chi connectivity index (χ1v) is 28.0. The average Bonchev–Trinajstić information content (AvgIpc) is 3.83. The molecule has 17 nitrogen and oxygen atoms in total. The molecule has 5 fully saturated rings. The van der Waals surface area contributed by atoms with Crippen molar-refractivity contribution in [3.05, 3.63) is 106 Å². The van der Waals surface area contributed by atoms with Crippen LogP contribution >= 0.6 is 0 Å². The number of anilines is 4. The number of fused-ring (bicyclic) bond motifs is 3. The highest BCUT2D eigenvalue weighted by atomic mass is 32.2. The lowest BCUT2D eigenvalue weighted by Crippen LogP contribution is -2.58. The van der Waals surface area contributed by atoms with Crippen molar-refractivity contribution < 1.29 is 37.5 Å². The number of nitro groups is 1. The molecule has 18 heteroatoms. The number of hydrogen-bond donors (Lipinski definition) is 4. The predicted molar refractivity (Wildman–Crippen MR) is 284 cm³/mol. The van der Waals surface area contributed by atoms with E-state index in [2.05, 4.69) is 67.8 Å². The van der Waals surface area contributed by atoms with E-state index in [1.54, 1.807) is 6.07 Å². The average molecular weight is 1030 g/mol. The van der Waals surface area contributed by atoms with E-state index < -0.39 is 48.7 Å². The van der Waals surface area contributed by atoms with Crippen LogP contribution in [0.15, 0.2) is 83.9 Å². The number of H-pyrrole nitrogens is 1. The van der Waals surface area contributed by atoms with Crippen LogP contribution in [0.5, 0.6) is 5.88 Å². The van der Waals surface area contributed by atoms with Gasteiger partial charge in [-0.15, -0.1) is 0 Å². The van der Waals surface area contributed by atoms with E-state index in [0.717, 1.165) is 81.9 Å². The number of nitrogens with zero attached hydrogens (tertiary/aromatic N) is 5. The number of carbonyl (C=O) groups excluding carboxylic acids is 1. The van der Waals surface area contributed by atoms with Crippen molar-refractivity contribution in [2.24, 2.45) is 11.3 Å². The van der Waals surface area contributed by atoms with E-state index in [4.69, 9.17) is 19.2 Å². The molecular formula is C56H70N8O9S. The number of ether oxygens (including phenoxy) is 3. The van der Waals surface area contributed by atoms with Gasteiger partial charge < -0.3 is 39.4 Å². The van der Waals surface area contributed by atoms with Crippen molar-refractivity contribution in [3.63, 3.8) is 0 Å². The van der Waals surface area contributed by atoms with Crippen LogP contribution in [0.4, 0.5) is 28.4 Å². The highest BCUT2D eigenvalue weighted by molar-refractivity contribution is 7.90. The SMILES string of the molecule is CC(C)c1ccccc1[C@@H]1COCCN1C1CC2(CCN(c3ccc(C(=O)NS(=O)(=O)c4ccc(NC[C@H]5CC[C@](C)(O)CC5)c([N+](=O)[O-])c4)c(N4c5cc6cc[nH]c6nc5O[C@H]5COC(C)(C)C[C@@H]54)c3)CC2)C1. The number of hydrogen-bond acceptors (Lipinski definition) is 14. The molecule has 0 radical (unpaired) electrons. The fourth-order valence-electron chi connectivity index (χ4n) is 12.9. The summed E-state index contributed by atoms with van der Waals surface area (Å²) in [5.41, 5.74) is 4.26. The molecule has 5 aromatic rings. The van der Waals surface area contributed by atoms with E-state index in [1.807, 2.05) is 51.2 Å². The Kier molecular flexibility index (Phi) is 13.2. The van der Waals surface area contributed by atoms with Crippen LogP contribution in [0.3, 0.4) is 0 Å². The minimum Gasteiger partial charge on any atom is -0.468 e. The molecule has 1 amide bonds. The van der Waals surface area contributed by atoms with Crippen LogP contribution in [0.1, 0.15) is 126 Å². The van der Waals surface area contributed by atoms with Gasteiger partial charge in [-0.1, -0.05) is 38.1 Å². The van der Waals surface area contributed by atoms with E-state index in [0.29, 0.717) is 67.3 Å². The maximum absolute atomic E-state index is 14.8. The molecule has 4 N–H and O–H groups in total. The second-order valence-electron chi connectivity index (χ2n) is 23.2. The van der Waals surface area contributed by atoms with Gasteiger partial charge in [0.2, 0.25) is 5.88 Å². The van der Waals surface area contributed by atoms with Crippen molar-refractivity contribution in [1.29, 1.82) is 0 Å². The second-order valence-corrected chi connectivity index (χ2v) is 24.8. The van der Waals surface area contributed by atoms with Gasteiger partial charge in [-0.3, -0.25) is 19.8 Å². The zero-order chi connectivity index (χ0) is 51.7. The summed E-state index contributed by atoms with van der Waals surface area (Å²) in [5.74, 6) is 0.0972. The third-order valence-electron chi connectivity index (χ3n) is 17.2. The number of nitrogens with one attached hydrogen (secondary N) is 3. The van der Waals surface area contributed by atoms with Crippen molar-refractivity contribution >= 4 is 55.4 Å². The minimum absolute atomic E-state index is 0.107. The molecule has 1 spiro atoms. The molecule has 394 valence electrons. The van der Waals surface area contributed by atoms with Gasteiger partial charge >= 0.3 is 0 Å². The molecule has 4 aliphatic heterocycles. The fraction of sp³-hybridized carbons (Fsp3) is 0.536. The number of aromatic amines is 1. The number of sulfonamides is 1. The number of morpholine rings is 1. The number of carbonyl (C=O) groups is 1. The van der Waals surface area contributed by atoms with Gasteiger partial charge in [-0.2, -0.15) is 4.98 Å². The van der Waals surface area contributed by atoms with Crippen LogP contribution < -0.4 is 24.6 Å². The maximum atomic E-state index is 14.8. The van der Waals surface area contributed by atoms with Crippen LogP contribution in [0, 0.1) is 21.4 Å². The van der Waals surface area contributed by atoms with Gasteiger partial charge in [0, 0.05) is 62.0 Å². The number of aliphatic hydroxyl groups is 1. The summed E-state index contributed by atoms with van der Waals surface area (Å²) in [7, 11) is -4.64. The summed E-state index contributed by atoms with van der Waals surface area (Å²) in [6.07, 6.45) is 8.97. The Labute approximate surface area is 433 Å². The monoisotopic (exact) mass is 1030 g/mol. The molecule has 3 aromatic carbocycles. The molecule has 2 aliphatic carbocycles. The Morgan fingerprint density at radius 3 is 2.47 bits per heavy atom. The van der Waals surface area contributed by atoms with Crippen molar-refractivity contribution in [3.8, 4) is 5.88 Å². The normalized spacial score (nSPS) is 26.0. The highest BCUT2D eigenvalue weighted by Gasteiger charge is 2.51. The molecule has 11 rings (SSSR count). The number of pyridine rings is 1. The Hall–Kier alpha value is -5.79. The molecule has 2 aromatic heterocycles.